The predicted octanol–water partition coefficient (Wildman–Crippen LogP) is 4.48. The van der Waals surface area contributed by atoms with Crippen molar-refractivity contribution in [1.29, 1.82) is 0 Å². The quantitative estimate of drug-likeness (QED) is 0.704. The molecule has 0 spiro atoms. The Morgan fingerprint density at radius 2 is 2.05 bits per heavy atom. The van der Waals surface area contributed by atoms with Crippen molar-refractivity contribution in [2.45, 2.75) is 19.8 Å². The van der Waals surface area contributed by atoms with E-state index in [4.69, 9.17) is 12.2 Å². The maximum Gasteiger partial charge on any atom is 0.133 e. The summed E-state index contributed by atoms with van der Waals surface area (Å²) in [5, 5.41) is 2.29. The van der Waals surface area contributed by atoms with Crippen LogP contribution >= 0.6 is 12.2 Å². The van der Waals surface area contributed by atoms with E-state index in [0.29, 0.717) is 10.6 Å². The smallest absolute Gasteiger partial charge is 0.133 e. The molecular weight excluding hydrogens is 266 g/mol. The molecule has 0 aliphatic carbocycles. The molecule has 3 aromatic rings. The Morgan fingerprint density at radius 1 is 1.20 bits per heavy atom. The highest BCUT2D eigenvalue weighted by Crippen LogP contribution is 2.32. The van der Waals surface area contributed by atoms with Crippen LogP contribution in [0.5, 0.6) is 0 Å². The van der Waals surface area contributed by atoms with Gasteiger partial charge in [-0.3, -0.25) is 4.98 Å². The van der Waals surface area contributed by atoms with Gasteiger partial charge < -0.3 is 4.98 Å². The molecule has 0 amide bonds. The van der Waals surface area contributed by atoms with E-state index in [2.05, 4.69) is 40.9 Å². The molecule has 3 rings (SSSR count). The highest BCUT2D eigenvalue weighted by atomic mass is 32.1. The fourth-order valence-corrected chi connectivity index (χ4v) is 2.90. The molecule has 100 valence electrons. The molecule has 20 heavy (non-hydrogen) atoms. The second-order valence-electron chi connectivity index (χ2n) is 5.05. The molecule has 0 fully saturated rings. The first-order valence-corrected chi connectivity index (χ1v) is 7.00. The number of nitrogens with one attached hydrogen (secondary N) is 1. The molecule has 1 N–H and O–H groups in total. The molecule has 4 heteroatoms. The van der Waals surface area contributed by atoms with E-state index in [9.17, 15) is 0 Å². The number of hydrogen-bond acceptors (Lipinski definition) is 3. The van der Waals surface area contributed by atoms with Gasteiger partial charge in [0.25, 0.3) is 0 Å². The Hall–Kier alpha value is -2.07. The van der Waals surface area contributed by atoms with Crippen molar-refractivity contribution in [2.24, 2.45) is 0 Å². The Kier molecular flexibility index (Phi) is 3.32. The number of H-pyrrole nitrogens is 1. The van der Waals surface area contributed by atoms with Crippen LogP contribution in [0.1, 0.15) is 25.3 Å². The molecule has 3 nitrogen and oxygen atoms in total. The fourth-order valence-electron chi connectivity index (χ4n) is 2.51. The van der Waals surface area contributed by atoms with Crippen molar-refractivity contribution in [2.75, 3.05) is 0 Å². The van der Waals surface area contributed by atoms with E-state index in [-0.39, 0.29) is 0 Å². The molecule has 0 atom stereocenters. The summed E-state index contributed by atoms with van der Waals surface area (Å²) < 4.78 is 0.666. The summed E-state index contributed by atoms with van der Waals surface area (Å²) in [5.74, 6) is 0.319. The Bertz CT molecular complexity index is 816. The van der Waals surface area contributed by atoms with Crippen molar-refractivity contribution in [3.8, 4) is 11.3 Å². The first-order chi connectivity index (χ1) is 9.68. The lowest BCUT2D eigenvalue weighted by Crippen LogP contribution is -1.99. The first-order valence-electron chi connectivity index (χ1n) is 6.59. The number of pyridine rings is 1. The summed E-state index contributed by atoms with van der Waals surface area (Å²) in [5.41, 5.74) is 3.28. The monoisotopic (exact) mass is 281 g/mol. The van der Waals surface area contributed by atoms with Crippen LogP contribution in [0.4, 0.5) is 0 Å². The van der Waals surface area contributed by atoms with Crippen molar-refractivity contribution >= 4 is 23.0 Å². The summed E-state index contributed by atoms with van der Waals surface area (Å²) in [7, 11) is 0. The van der Waals surface area contributed by atoms with Crippen LogP contribution in [0.2, 0.25) is 0 Å². The summed E-state index contributed by atoms with van der Waals surface area (Å²) in [4.78, 5) is 11.7. The zero-order valence-electron chi connectivity index (χ0n) is 11.4. The third-order valence-electron chi connectivity index (χ3n) is 3.42. The number of hydrogen-bond donors (Lipinski definition) is 1. The van der Waals surface area contributed by atoms with Crippen molar-refractivity contribution in [3.63, 3.8) is 0 Å². The van der Waals surface area contributed by atoms with Gasteiger partial charge >= 0.3 is 0 Å². The molecule has 0 bridgehead atoms. The number of aromatic amines is 1. The Morgan fingerprint density at radius 3 is 2.85 bits per heavy atom. The van der Waals surface area contributed by atoms with E-state index in [1.807, 2.05) is 24.5 Å². The molecule has 0 saturated carbocycles. The lowest BCUT2D eigenvalue weighted by molar-refractivity contribution is 0.844. The molecule has 0 saturated heterocycles. The average molecular weight is 281 g/mol. The second-order valence-corrected chi connectivity index (χ2v) is 5.44. The average Bonchev–Trinajstić information content (AvgIpc) is 2.46. The minimum absolute atomic E-state index is 0.319. The van der Waals surface area contributed by atoms with Gasteiger partial charge in [0.05, 0.1) is 12.0 Å². The third kappa shape index (κ3) is 2.12. The van der Waals surface area contributed by atoms with Crippen LogP contribution in [0, 0.1) is 4.64 Å². The molecule has 2 aromatic heterocycles. The maximum atomic E-state index is 5.40. The third-order valence-corrected chi connectivity index (χ3v) is 3.74. The predicted molar refractivity (Wildman–Crippen MR) is 84.2 cm³/mol. The fraction of sp³-hybridized carbons (Fsp3) is 0.188. The lowest BCUT2D eigenvalue weighted by atomic mass is 9.96. The summed E-state index contributed by atoms with van der Waals surface area (Å²) in [6.45, 7) is 4.27. The molecule has 0 radical (unpaired) electrons. The Labute approximate surface area is 122 Å². The van der Waals surface area contributed by atoms with Gasteiger partial charge in [-0.2, -0.15) is 0 Å². The van der Waals surface area contributed by atoms with Gasteiger partial charge in [0.1, 0.15) is 4.64 Å². The molecular formula is C16H15N3S. The maximum absolute atomic E-state index is 5.40. The molecule has 0 aliphatic heterocycles. The van der Waals surface area contributed by atoms with Crippen LogP contribution in [-0.2, 0) is 0 Å². The van der Waals surface area contributed by atoms with E-state index < -0.39 is 0 Å². The lowest BCUT2D eigenvalue weighted by Gasteiger charge is -2.14. The zero-order valence-corrected chi connectivity index (χ0v) is 12.2. The van der Waals surface area contributed by atoms with Gasteiger partial charge in [0.15, 0.2) is 0 Å². The van der Waals surface area contributed by atoms with Crippen LogP contribution < -0.4 is 0 Å². The zero-order chi connectivity index (χ0) is 14.1. The summed E-state index contributed by atoms with van der Waals surface area (Å²) in [6, 6.07) is 8.25. The van der Waals surface area contributed by atoms with Crippen molar-refractivity contribution in [3.05, 3.63) is 53.2 Å². The number of nitrogens with zero attached hydrogens (tertiary/aromatic N) is 2. The molecule has 0 unspecified atom stereocenters. The summed E-state index contributed by atoms with van der Waals surface area (Å²) >= 11 is 5.40. The van der Waals surface area contributed by atoms with Crippen LogP contribution in [-0.4, -0.2) is 15.0 Å². The van der Waals surface area contributed by atoms with E-state index in [1.54, 1.807) is 6.33 Å². The minimum Gasteiger partial charge on any atom is -0.346 e. The van der Waals surface area contributed by atoms with E-state index in [1.165, 1.54) is 5.39 Å². The Balaban J connectivity index is 2.38. The standard InChI is InChI=1S/C16H15N3S/c1-10(2)14-15(18-9-19-16(14)20)13-5-3-4-11-8-17-7-6-12(11)13/h3-10H,1-2H3,(H,18,19,20). The van der Waals surface area contributed by atoms with Gasteiger partial charge in [0, 0.05) is 28.9 Å². The highest BCUT2D eigenvalue weighted by molar-refractivity contribution is 7.71. The largest absolute Gasteiger partial charge is 0.346 e. The van der Waals surface area contributed by atoms with Gasteiger partial charge in [-0.1, -0.05) is 44.3 Å². The van der Waals surface area contributed by atoms with Crippen LogP contribution in [0.15, 0.2) is 43.0 Å². The van der Waals surface area contributed by atoms with Gasteiger partial charge in [-0.05, 0) is 17.4 Å². The molecule has 1 aromatic carbocycles. The molecule has 2 heterocycles. The molecule has 0 aliphatic rings. The summed E-state index contributed by atoms with van der Waals surface area (Å²) in [6.07, 6.45) is 5.37. The minimum atomic E-state index is 0.319. The van der Waals surface area contributed by atoms with Crippen LogP contribution in [0.3, 0.4) is 0 Å². The van der Waals surface area contributed by atoms with E-state index in [0.717, 1.165) is 22.2 Å². The number of rotatable bonds is 2. The second kappa shape index (κ2) is 5.13. The number of aromatic nitrogens is 3. The number of fused-ring (bicyclic) bond motifs is 1. The highest BCUT2D eigenvalue weighted by Gasteiger charge is 2.13. The number of benzene rings is 1. The normalized spacial score (nSPS) is 11.2. The van der Waals surface area contributed by atoms with Crippen molar-refractivity contribution in [1.82, 2.24) is 15.0 Å². The topological polar surface area (TPSA) is 41.6 Å². The van der Waals surface area contributed by atoms with Gasteiger partial charge in [0.2, 0.25) is 0 Å². The van der Waals surface area contributed by atoms with Gasteiger partial charge in [-0.25, -0.2) is 4.98 Å². The first kappa shape index (κ1) is 12.9. The van der Waals surface area contributed by atoms with Crippen molar-refractivity contribution < 1.29 is 0 Å². The van der Waals surface area contributed by atoms with E-state index >= 15 is 0 Å². The van der Waals surface area contributed by atoms with Crippen LogP contribution in [0.25, 0.3) is 22.0 Å². The SMILES string of the molecule is CC(C)c1c(-c2cccc3cnccc23)[nH]cnc1=S. The van der Waals surface area contributed by atoms with Gasteiger partial charge in [-0.15, -0.1) is 0 Å².